The Labute approximate surface area is 218 Å². The first kappa shape index (κ1) is 24.3. The van der Waals surface area contributed by atoms with Crippen LogP contribution in [0.2, 0.25) is 0 Å². The number of pyridine rings is 1. The van der Waals surface area contributed by atoms with Gasteiger partial charge in [0.25, 0.3) is 0 Å². The average molecular weight is 544 g/mol. The predicted molar refractivity (Wildman–Crippen MR) is 138 cm³/mol. The molecule has 3 atom stereocenters. The number of aryl methyl sites for hydroxylation is 2. The summed E-state index contributed by atoms with van der Waals surface area (Å²) in [4.78, 5) is 41.8. The minimum Gasteiger partial charge on any atom is -0.329 e. The SMILES string of the molecule is Cc1ncc(-c2cc(C#N)cc(CC(=O)N3[C@H](C(=O)Cc4nc(Br)ccc4C)C[C@@]4(C)C[C@@H]34)c2)cn1. The smallest absolute Gasteiger partial charge is 0.227 e. The summed E-state index contributed by atoms with van der Waals surface area (Å²) < 4.78 is 0.692. The van der Waals surface area contributed by atoms with E-state index in [4.69, 9.17) is 0 Å². The largest absolute Gasteiger partial charge is 0.329 e. The van der Waals surface area contributed by atoms with E-state index in [0.29, 0.717) is 22.4 Å². The van der Waals surface area contributed by atoms with Crippen LogP contribution in [-0.2, 0) is 22.4 Å². The number of amides is 1. The van der Waals surface area contributed by atoms with Crippen molar-refractivity contribution in [1.82, 2.24) is 19.9 Å². The van der Waals surface area contributed by atoms with E-state index in [1.54, 1.807) is 24.5 Å². The predicted octanol–water partition coefficient (Wildman–Crippen LogP) is 4.52. The van der Waals surface area contributed by atoms with Crippen molar-refractivity contribution in [2.75, 3.05) is 0 Å². The molecule has 1 amide bonds. The molecule has 0 unspecified atom stereocenters. The highest BCUT2D eigenvalue weighted by molar-refractivity contribution is 9.10. The fourth-order valence-corrected chi connectivity index (χ4v) is 5.60. The number of aromatic nitrogens is 3. The normalized spacial score (nSPS) is 22.1. The van der Waals surface area contributed by atoms with Crippen LogP contribution in [0.15, 0.2) is 47.3 Å². The number of hydrogen-bond acceptors (Lipinski definition) is 6. The lowest BCUT2D eigenvalue weighted by Gasteiger charge is -2.27. The maximum Gasteiger partial charge on any atom is 0.227 e. The lowest BCUT2D eigenvalue weighted by atomic mass is 9.95. The second-order valence-electron chi connectivity index (χ2n) is 10.2. The number of likely N-dealkylation sites (tertiary alicyclic amines) is 1. The number of rotatable bonds is 6. The average Bonchev–Trinajstić information content (AvgIpc) is 3.41. The van der Waals surface area contributed by atoms with Gasteiger partial charge in [0.2, 0.25) is 5.91 Å². The standard InChI is InChI=1S/C28H26BrN5O2/c1-16-4-5-26(29)33-22(16)10-24(35)23-11-28(3)12-25(28)34(23)27(36)9-18-6-19(13-30)8-20(7-18)21-14-31-17(2)32-15-21/h4-8,14-15,23,25H,9-12H2,1-3H3/t23-,25+,28-/m0/s1. The van der Waals surface area contributed by atoms with Gasteiger partial charge < -0.3 is 4.90 Å². The molecule has 1 aliphatic carbocycles. The van der Waals surface area contributed by atoms with Crippen molar-refractivity contribution in [3.8, 4) is 17.2 Å². The Morgan fingerprint density at radius 1 is 1.11 bits per heavy atom. The topological polar surface area (TPSA) is 99.8 Å². The molecule has 2 aliphatic rings. The molecule has 1 saturated heterocycles. The number of hydrogen-bond donors (Lipinski definition) is 0. The molecule has 36 heavy (non-hydrogen) atoms. The van der Waals surface area contributed by atoms with Crippen molar-refractivity contribution in [2.24, 2.45) is 5.41 Å². The molecular formula is C28H26BrN5O2. The quantitative estimate of drug-likeness (QED) is 0.423. The molecular weight excluding hydrogens is 518 g/mol. The number of fused-ring (bicyclic) bond motifs is 1. The lowest BCUT2D eigenvalue weighted by Crippen LogP contribution is -2.44. The summed E-state index contributed by atoms with van der Waals surface area (Å²) in [6.07, 6.45) is 5.35. The number of ketones is 1. The first-order valence-electron chi connectivity index (χ1n) is 12.0. The van der Waals surface area contributed by atoms with E-state index in [0.717, 1.165) is 34.4 Å². The van der Waals surface area contributed by atoms with E-state index >= 15 is 0 Å². The van der Waals surface area contributed by atoms with Gasteiger partial charge in [-0.05, 0) is 82.9 Å². The summed E-state index contributed by atoms with van der Waals surface area (Å²) in [5.41, 5.74) is 4.47. The molecule has 0 radical (unpaired) electrons. The van der Waals surface area contributed by atoms with Crippen molar-refractivity contribution < 1.29 is 9.59 Å². The van der Waals surface area contributed by atoms with E-state index in [9.17, 15) is 14.9 Å². The highest BCUT2D eigenvalue weighted by atomic mass is 79.9. The third kappa shape index (κ3) is 4.68. The second kappa shape index (κ2) is 9.21. The number of benzene rings is 1. The third-order valence-electron chi connectivity index (χ3n) is 7.40. The molecule has 2 aromatic heterocycles. The monoisotopic (exact) mass is 543 g/mol. The van der Waals surface area contributed by atoms with Gasteiger partial charge in [-0.1, -0.05) is 19.1 Å². The van der Waals surface area contributed by atoms with Crippen LogP contribution in [0, 0.1) is 30.6 Å². The van der Waals surface area contributed by atoms with E-state index in [-0.39, 0.29) is 36.0 Å². The van der Waals surface area contributed by atoms with Crippen molar-refractivity contribution in [3.05, 3.63) is 75.5 Å². The molecule has 0 bridgehead atoms. The van der Waals surface area contributed by atoms with Gasteiger partial charge >= 0.3 is 0 Å². The molecule has 8 heteroatoms. The highest BCUT2D eigenvalue weighted by Crippen LogP contribution is 2.59. The highest BCUT2D eigenvalue weighted by Gasteiger charge is 2.64. The molecule has 3 heterocycles. The maximum atomic E-state index is 13.6. The minimum atomic E-state index is -0.453. The van der Waals surface area contributed by atoms with E-state index in [2.05, 4.69) is 43.9 Å². The Morgan fingerprint density at radius 2 is 1.86 bits per heavy atom. The van der Waals surface area contributed by atoms with E-state index in [1.165, 1.54) is 0 Å². The van der Waals surface area contributed by atoms with Crippen LogP contribution in [0.3, 0.4) is 0 Å². The summed E-state index contributed by atoms with van der Waals surface area (Å²) in [7, 11) is 0. The number of nitrogens with zero attached hydrogens (tertiary/aromatic N) is 5. The number of piperidine rings is 1. The van der Waals surface area contributed by atoms with Gasteiger partial charge in [0.15, 0.2) is 5.78 Å². The van der Waals surface area contributed by atoms with Crippen LogP contribution in [0.5, 0.6) is 0 Å². The maximum absolute atomic E-state index is 13.6. The number of nitriles is 1. The molecule has 1 aromatic carbocycles. The Hall–Kier alpha value is -3.44. The first-order valence-corrected chi connectivity index (χ1v) is 12.7. The summed E-state index contributed by atoms with van der Waals surface area (Å²) in [6, 6.07) is 11.0. The van der Waals surface area contributed by atoms with Crippen molar-refractivity contribution in [2.45, 2.75) is 58.5 Å². The van der Waals surface area contributed by atoms with Gasteiger partial charge in [-0.25, -0.2) is 15.0 Å². The Kier molecular flexibility index (Phi) is 6.21. The van der Waals surface area contributed by atoms with E-state index in [1.807, 2.05) is 36.9 Å². The Bertz CT molecular complexity index is 1410. The van der Waals surface area contributed by atoms with Crippen LogP contribution in [0.25, 0.3) is 11.1 Å². The van der Waals surface area contributed by atoms with Crippen molar-refractivity contribution in [3.63, 3.8) is 0 Å². The molecule has 0 spiro atoms. The molecule has 1 saturated carbocycles. The minimum absolute atomic E-state index is 0.00533. The van der Waals surface area contributed by atoms with Gasteiger partial charge in [-0.2, -0.15) is 5.26 Å². The van der Waals surface area contributed by atoms with E-state index < -0.39 is 6.04 Å². The van der Waals surface area contributed by atoms with Gasteiger partial charge in [0.05, 0.1) is 36.2 Å². The van der Waals surface area contributed by atoms with Crippen LogP contribution in [0.1, 0.15) is 48.0 Å². The first-order chi connectivity index (χ1) is 17.2. The fourth-order valence-electron chi connectivity index (χ4n) is 5.25. The lowest BCUT2D eigenvalue weighted by molar-refractivity contribution is -0.138. The molecule has 7 nitrogen and oxygen atoms in total. The number of Topliss-reactive ketones (excluding diaryl/α,β-unsaturated/α-hetero) is 1. The third-order valence-corrected chi connectivity index (χ3v) is 7.84. The van der Waals surface area contributed by atoms with Gasteiger partial charge in [0, 0.05) is 24.0 Å². The van der Waals surface area contributed by atoms with Gasteiger partial charge in [-0.15, -0.1) is 0 Å². The number of carbonyl (C=O) groups is 2. The van der Waals surface area contributed by atoms with Crippen LogP contribution in [-0.4, -0.2) is 43.6 Å². The van der Waals surface area contributed by atoms with Crippen LogP contribution >= 0.6 is 15.9 Å². The van der Waals surface area contributed by atoms with Gasteiger partial charge in [-0.3, -0.25) is 9.59 Å². The van der Waals surface area contributed by atoms with Gasteiger partial charge in [0.1, 0.15) is 10.4 Å². The fraction of sp³-hybridized carbons (Fsp3) is 0.357. The zero-order valence-corrected chi connectivity index (χ0v) is 22.0. The zero-order valence-electron chi connectivity index (χ0n) is 20.5. The zero-order chi connectivity index (χ0) is 25.6. The number of halogens is 1. The summed E-state index contributed by atoms with van der Waals surface area (Å²) in [5, 5.41) is 9.57. The molecule has 0 N–H and O–H groups in total. The Morgan fingerprint density at radius 3 is 2.58 bits per heavy atom. The molecule has 182 valence electrons. The molecule has 3 aromatic rings. The summed E-state index contributed by atoms with van der Waals surface area (Å²) in [6.45, 7) is 5.91. The van der Waals surface area contributed by atoms with Crippen molar-refractivity contribution >= 4 is 27.6 Å². The molecule has 1 aliphatic heterocycles. The van der Waals surface area contributed by atoms with Crippen molar-refractivity contribution in [1.29, 1.82) is 5.26 Å². The Balaban J connectivity index is 1.39. The molecule has 5 rings (SSSR count). The molecule has 2 fully saturated rings. The summed E-state index contributed by atoms with van der Waals surface area (Å²) >= 11 is 3.39. The summed E-state index contributed by atoms with van der Waals surface area (Å²) in [5.74, 6) is 0.601. The van der Waals surface area contributed by atoms with Crippen LogP contribution < -0.4 is 0 Å². The van der Waals surface area contributed by atoms with Crippen LogP contribution in [0.4, 0.5) is 0 Å². The number of carbonyl (C=O) groups excluding carboxylic acids is 2. The second-order valence-corrected chi connectivity index (χ2v) is 11.0.